The lowest BCUT2D eigenvalue weighted by Crippen LogP contribution is -2.33. The molecule has 2 N–H and O–H groups in total. The maximum absolute atomic E-state index is 12.2. The highest BCUT2D eigenvalue weighted by Gasteiger charge is 2.14. The molecule has 5 nitrogen and oxygen atoms in total. The average molecular weight is 318 g/mol. The van der Waals surface area contributed by atoms with E-state index < -0.39 is 5.97 Å². The predicted octanol–water partition coefficient (Wildman–Crippen LogP) is 3.10. The summed E-state index contributed by atoms with van der Waals surface area (Å²) >= 11 is 1.60. The van der Waals surface area contributed by atoms with Gasteiger partial charge >= 0.3 is 5.97 Å². The number of amides is 1. The van der Waals surface area contributed by atoms with Crippen LogP contribution in [0.15, 0.2) is 29.0 Å². The molecule has 2 rings (SSSR count). The van der Waals surface area contributed by atoms with Crippen molar-refractivity contribution >= 4 is 23.2 Å². The van der Waals surface area contributed by atoms with E-state index in [1.807, 2.05) is 22.9 Å². The second kappa shape index (κ2) is 7.17. The molecule has 0 saturated heterocycles. The Hall–Kier alpha value is -2.21. The number of carbonyl (C=O) groups is 2. The number of pyridine rings is 1. The molecule has 2 aromatic rings. The lowest BCUT2D eigenvalue weighted by atomic mass is 10.1. The van der Waals surface area contributed by atoms with Gasteiger partial charge in [0.25, 0.3) is 5.91 Å². The number of carbonyl (C=O) groups excluding carboxylic acids is 1. The Morgan fingerprint density at radius 3 is 2.73 bits per heavy atom. The molecule has 116 valence electrons. The fraction of sp³-hybridized carbons (Fsp3) is 0.312. The van der Waals surface area contributed by atoms with Crippen LogP contribution < -0.4 is 5.32 Å². The zero-order chi connectivity index (χ0) is 16.1. The van der Waals surface area contributed by atoms with Crippen molar-refractivity contribution in [2.75, 3.05) is 0 Å². The molecule has 0 aliphatic heterocycles. The van der Waals surface area contributed by atoms with Gasteiger partial charge in [0.05, 0.1) is 17.0 Å². The van der Waals surface area contributed by atoms with E-state index in [0.29, 0.717) is 17.7 Å². The number of carboxylic acids is 1. The van der Waals surface area contributed by atoms with Gasteiger partial charge in [-0.25, -0.2) is 0 Å². The fourth-order valence-electron chi connectivity index (χ4n) is 2.09. The summed E-state index contributed by atoms with van der Waals surface area (Å²) in [6, 6.07) is 5.38. The summed E-state index contributed by atoms with van der Waals surface area (Å²) in [5.41, 5.74) is 3.05. The summed E-state index contributed by atoms with van der Waals surface area (Å²) in [5, 5.41) is 15.5. The van der Waals surface area contributed by atoms with E-state index in [1.54, 1.807) is 31.3 Å². The molecule has 2 heterocycles. The molecule has 1 unspecified atom stereocenters. The van der Waals surface area contributed by atoms with Crippen LogP contribution in [0.1, 0.15) is 35.8 Å². The Balaban J connectivity index is 2.05. The molecule has 22 heavy (non-hydrogen) atoms. The summed E-state index contributed by atoms with van der Waals surface area (Å²) in [6.45, 7) is 3.59. The Morgan fingerprint density at radius 1 is 1.36 bits per heavy atom. The predicted molar refractivity (Wildman–Crippen MR) is 86.1 cm³/mol. The van der Waals surface area contributed by atoms with Gasteiger partial charge in [-0.2, -0.15) is 11.3 Å². The summed E-state index contributed by atoms with van der Waals surface area (Å²) in [7, 11) is 0. The van der Waals surface area contributed by atoms with Crippen LogP contribution in [0.25, 0.3) is 11.3 Å². The van der Waals surface area contributed by atoms with E-state index in [9.17, 15) is 9.59 Å². The number of nitrogens with zero attached hydrogens (tertiary/aromatic N) is 1. The number of aromatic nitrogens is 1. The van der Waals surface area contributed by atoms with Crippen molar-refractivity contribution in [3.05, 3.63) is 40.2 Å². The first-order chi connectivity index (χ1) is 10.5. The van der Waals surface area contributed by atoms with Gasteiger partial charge < -0.3 is 10.4 Å². The highest BCUT2D eigenvalue weighted by atomic mass is 32.1. The van der Waals surface area contributed by atoms with E-state index in [1.165, 1.54) is 0 Å². The quantitative estimate of drug-likeness (QED) is 0.857. The van der Waals surface area contributed by atoms with Crippen LogP contribution in [0.5, 0.6) is 0 Å². The number of nitrogens with one attached hydrogen (secondary N) is 1. The van der Waals surface area contributed by atoms with Crippen LogP contribution in [0.4, 0.5) is 0 Å². The van der Waals surface area contributed by atoms with Crippen molar-refractivity contribution in [2.45, 2.75) is 32.7 Å². The minimum Gasteiger partial charge on any atom is -0.481 e. The summed E-state index contributed by atoms with van der Waals surface area (Å²) in [6.07, 6.45) is 0.441. The topological polar surface area (TPSA) is 79.3 Å². The zero-order valence-electron chi connectivity index (χ0n) is 12.5. The van der Waals surface area contributed by atoms with E-state index in [2.05, 4.69) is 10.3 Å². The molecule has 1 atom stereocenters. The van der Waals surface area contributed by atoms with E-state index in [-0.39, 0.29) is 18.4 Å². The molecule has 0 aromatic carbocycles. The number of aliphatic carboxylic acids is 1. The third-order valence-electron chi connectivity index (χ3n) is 3.32. The van der Waals surface area contributed by atoms with Gasteiger partial charge in [0.15, 0.2) is 0 Å². The van der Waals surface area contributed by atoms with Gasteiger partial charge in [-0.1, -0.05) is 0 Å². The van der Waals surface area contributed by atoms with Crippen molar-refractivity contribution in [3.8, 4) is 11.3 Å². The Morgan fingerprint density at radius 2 is 2.14 bits per heavy atom. The normalized spacial score (nSPS) is 11.9. The van der Waals surface area contributed by atoms with Crippen LogP contribution in [-0.2, 0) is 4.79 Å². The van der Waals surface area contributed by atoms with Crippen molar-refractivity contribution in [2.24, 2.45) is 0 Å². The molecule has 0 saturated carbocycles. The van der Waals surface area contributed by atoms with Crippen LogP contribution in [0, 0.1) is 6.92 Å². The van der Waals surface area contributed by atoms with Gasteiger partial charge in [-0.05, 0) is 43.8 Å². The summed E-state index contributed by atoms with van der Waals surface area (Å²) in [5.74, 6) is -1.08. The molecule has 0 radical (unpaired) electrons. The molecule has 0 bridgehead atoms. The van der Waals surface area contributed by atoms with Crippen LogP contribution in [0.3, 0.4) is 0 Å². The monoisotopic (exact) mass is 318 g/mol. The number of carboxylic acid groups (broad SMARTS) is 1. The first kappa shape index (κ1) is 16.2. The number of thiophene rings is 1. The second-order valence-electron chi connectivity index (χ2n) is 5.15. The number of hydrogen-bond acceptors (Lipinski definition) is 4. The maximum Gasteiger partial charge on any atom is 0.303 e. The largest absolute Gasteiger partial charge is 0.481 e. The number of hydrogen-bond donors (Lipinski definition) is 2. The highest BCUT2D eigenvalue weighted by Crippen LogP contribution is 2.21. The number of rotatable bonds is 6. The minimum absolute atomic E-state index is 0.0375. The maximum atomic E-state index is 12.2. The third-order valence-corrected chi connectivity index (χ3v) is 4.00. The molecule has 0 aliphatic carbocycles. The van der Waals surface area contributed by atoms with Crippen LogP contribution >= 0.6 is 11.3 Å². The van der Waals surface area contributed by atoms with Crippen molar-refractivity contribution in [1.29, 1.82) is 0 Å². The number of aryl methyl sites for hydroxylation is 1. The van der Waals surface area contributed by atoms with Crippen molar-refractivity contribution in [3.63, 3.8) is 0 Å². The van der Waals surface area contributed by atoms with Crippen molar-refractivity contribution in [1.82, 2.24) is 10.3 Å². The van der Waals surface area contributed by atoms with Gasteiger partial charge in [-0.3, -0.25) is 14.6 Å². The van der Waals surface area contributed by atoms with Crippen LogP contribution in [0.2, 0.25) is 0 Å². The molecule has 0 aliphatic rings. The first-order valence-electron chi connectivity index (χ1n) is 7.00. The van der Waals surface area contributed by atoms with E-state index in [0.717, 1.165) is 11.3 Å². The zero-order valence-corrected chi connectivity index (χ0v) is 13.3. The molecule has 2 aromatic heterocycles. The molecular formula is C16H18N2O3S. The molecule has 1 amide bonds. The average Bonchev–Trinajstić information content (AvgIpc) is 2.99. The standard InChI is InChI=1S/C16H18N2O3S/c1-10(3-6-15(19)20)17-16(21)13-4-5-14(18-11(13)2)12-7-8-22-9-12/h4-5,7-10H,3,6H2,1-2H3,(H,17,21)(H,19,20). The van der Waals surface area contributed by atoms with E-state index >= 15 is 0 Å². The smallest absolute Gasteiger partial charge is 0.303 e. The SMILES string of the molecule is Cc1nc(-c2ccsc2)ccc1C(=O)NC(C)CCC(=O)O. The Labute approximate surface area is 133 Å². The van der Waals surface area contributed by atoms with Crippen molar-refractivity contribution < 1.29 is 14.7 Å². The molecule has 6 heteroatoms. The van der Waals surface area contributed by atoms with Gasteiger partial charge in [0.1, 0.15) is 0 Å². The second-order valence-corrected chi connectivity index (χ2v) is 5.93. The summed E-state index contributed by atoms with van der Waals surface area (Å²) < 4.78 is 0. The lowest BCUT2D eigenvalue weighted by molar-refractivity contribution is -0.137. The molecule has 0 fully saturated rings. The highest BCUT2D eigenvalue weighted by molar-refractivity contribution is 7.08. The van der Waals surface area contributed by atoms with E-state index in [4.69, 9.17) is 5.11 Å². The Bertz CT molecular complexity index is 668. The molecule has 0 spiro atoms. The Kier molecular flexibility index (Phi) is 5.27. The van der Waals surface area contributed by atoms with Crippen LogP contribution in [-0.4, -0.2) is 28.0 Å². The lowest BCUT2D eigenvalue weighted by Gasteiger charge is -2.14. The summed E-state index contributed by atoms with van der Waals surface area (Å²) in [4.78, 5) is 27.2. The van der Waals surface area contributed by atoms with Gasteiger partial charge in [0.2, 0.25) is 0 Å². The van der Waals surface area contributed by atoms with Gasteiger partial charge in [0, 0.05) is 23.4 Å². The minimum atomic E-state index is -0.862. The fourth-order valence-corrected chi connectivity index (χ4v) is 2.74. The third kappa shape index (κ3) is 4.14. The molecular weight excluding hydrogens is 300 g/mol. The first-order valence-corrected chi connectivity index (χ1v) is 7.94. The van der Waals surface area contributed by atoms with Gasteiger partial charge in [-0.15, -0.1) is 0 Å².